The molecular formula is C14H12BrN3OS. The van der Waals surface area contributed by atoms with Crippen LogP contribution in [0.2, 0.25) is 0 Å². The Morgan fingerprint density at radius 2 is 2.05 bits per heavy atom. The largest absolute Gasteiger partial charge is 0.383 e. The van der Waals surface area contributed by atoms with Crippen LogP contribution in [0.15, 0.2) is 39.6 Å². The number of hydrogen-bond acceptors (Lipinski definition) is 4. The van der Waals surface area contributed by atoms with E-state index >= 15 is 0 Å². The van der Waals surface area contributed by atoms with E-state index < -0.39 is 0 Å². The number of benzene rings is 1. The molecule has 0 aliphatic rings. The predicted molar refractivity (Wildman–Crippen MR) is 86.3 cm³/mol. The molecule has 2 aromatic heterocycles. The highest BCUT2D eigenvalue weighted by atomic mass is 79.9. The standard InChI is InChI=1S/C14H12BrN3OS/c1-8-6-11-12(16)17-14(19)18(13(11)20-8)7-9-2-4-10(15)5-3-9/h2-6H,7H2,1H3,(H2,16,17,19). The first kappa shape index (κ1) is 13.3. The van der Waals surface area contributed by atoms with E-state index in [2.05, 4.69) is 20.9 Å². The van der Waals surface area contributed by atoms with Crippen LogP contribution in [0.25, 0.3) is 10.2 Å². The van der Waals surface area contributed by atoms with Crippen molar-refractivity contribution in [1.29, 1.82) is 0 Å². The monoisotopic (exact) mass is 349 g/mol. The molecule has 1 aromatic carbocycles. The van der Waals surface area contributed by atoms with Gasteiger partial charge in [-0.25, -0.2) is 4.79 Å². The van der Waals surface area contributed by atoms with Gasteiger partial charge in [0.15, 0.2) is 0 Å². The van der Waals surface area contributed by atoms with E-state index in [0.717, 1.165) is 25.1 Å². The summed E-state index contributed by atoms with van der Waals surface area (Å²) in [7, 11) is 0. The zero-order chi connectivity index (χ0) is 14.3. The Bertz CT molecular complexity index is 836. The van der Waals surface area contributed by atoms with Gasteiger partial charge >= 0.3 is 5.69 Å². The van der Waals surface area contributed by atoms with E-state index in [-0.39, 0.29) is 5.69 Å². The van der Waals surface area contributed by atoms with Gasteiger partial charge in [-0.05, 0) is 30.7 Å². The van der Waals surface area contributed by atoms with Crippen LogP contribution in [-0.2, 0) is 6.54 Å². The van der Waals surface area contributed by atoms with Crippen molar-refractivity contribution >= 4 is 43.3 Å². The highest BCUT2D eigenvalue weighted by Gasteiger charge is 2.11. The fraction of sp³-hybridized carbons (Fsp3) is 0.143. The van der Waals surface area contributed by atoms with E-state index in [9.17, 15) is 4.79 Å². The Balaban J connectivity index is 2.15. The van der Waals surface area contributed by atoms with Gasteiger partial charge in [-0.2, -0.15) is 4.98 Å². The van der Waals surface area contributed by atoms with Crippen LogP contribution >= 0.6 is 27.3 Å². The van der Waals surface area contributed by atoms with Crippen molar-refractivity contribution in [2.24, 2.45) is 0 Å². The second-order valence-corrected chi connectivity index (χ2v) is 6.72. The SMILES string of the molecule is Cc1cc2c(N)nc(=O)n(Cc3ccc(Br)cc3)c2s1. The lowest BCUT2D eigenvalue weighted by atomic mass is 10.2. The molecule has 0 bridgehead atoms. The molecule has 0 unspecified atom stereocenters. The normalized spacial score (nSPS) is 11.1. The Labute approximate surface area is 128 Å². The number of nitrogens with zero attached hydrogens (tertiary/aromatic N) is 2. The highest BCUT2D eigenvalue weighted by molar-refractivity contribution is 9.10. The molecule has 2 N–H and O–H groups in total. The van der Waals surface area contributed by atoms with Crippen LogP contribution < -0.4 is 11.4 Å². The smallest absolute Gasteiger partial charge is 0.350 e. The first-order chi connectivity index (χ1) is 9.54. The molecule has 0 aliphatic carbocycles. The molecule has 20 heavy (non-hydrogen) atoms. The Morgan fingerprint density at radius 1 is 1.35 bits per heavy atom. The fourth-order valence-corrected chi connectivity index (χ4v) is 3.38. The van der Waals surface area contributed by atoms with Crippen molar-refractivity contribution < 1.29 is 0 Å². The van der Waals surface area contributed by atoms with Gasteiger partial charge in [0, 0.05) is 9.35 Å². The predicted octanol–water partition coefficient (Wildman–Crippen LogP) is 3.16. The van der Waals surface area contributed by atoms with Crippen LogP contribution in [0.5, 0.6) is 0 Å². The van der Waals surface area contributed by atoms with E-state index in [0.29, 0.717) is 12.4 Å². The van der Waals surface area contributed by atoms with Gasteiger partial charge in [0.05, 0.1) is 11.9 Å². The summed E-state index contributed by atoms with van der Waals surface area (Å²) < 4.78 is 2.69. The van der Waals surface area contributed by atoms with Gasteiger partial charge in [0.25, 0.3) is 0 Å². The second-order valence-electron chi connectivity index (χ2n) is 4.57. The molecule has 6 heteroatoms. The summed E-state index contributed by atoms with van der Waals surface area (Å²) in [5.74, 6) is 0.307. The molecule has 0 fully saturated rings. The van der Waals surface area contributed by atoms with Crippen molar-refractivity contribution in [2.45, 2.75) is 13.5 Å². The van der Waals surface area contributed by atoms with E-state index in [1.807, 2.05) is 37.3 Å². The van der Waals surface area contributed by atoms with Crippen molar-refractivity contribution in [1.82, 2.24) is 9.55 Å². The molecule has 0 saturated carbocycles. The van der Waals surface area contributed by atoms with Crippen LogP contribution in [-0.4, -0.2) is 9.55 Å². The number of anilines is 1. The molecule has 0 aliphatic heterocycles. The minimum atomic E-state index is -0.306. The average molecular weight is 350 g/mol. The van der Waals surface area contributed by atoms with Crippen LogP contribution in [0.4, 0.5) is 5.82 Å². The molecule has 0 saturated heterocycles. The second kappa shape index (κ2) is 5.03. The van der Waals surface area contributed by atoms with E-state index in [1.165, 1.54) is 0 Å². The van der Waals surface area contributed by atoms with Crippen LogP contribution in [0, 0.1) is 6.92 Å². The quantitative estimate of drug-likeness (QED) is 0.772. The van der Waals surface area contributed by atoms with E-state index in [4.69, 9.17) is 5.73 Å². The third-order valence-electron chi connectivity index (χ3n) is 3.06. The van der Waals surface area contributed by atoms with Crippen molar-refractivity contribution in [3.05, 3.63) is 55.7 Å². The summed E-state index contributed by atoms with van der Waals surface area (Å²) in [6, 6.07) is 9.86. The molecular weight excluding hydrogens is 338 g/mol. The lowest BCUT2D eigenvalue weighted by Gasteiger charge is -2.08. The zero-order valence-corrected chi connectivity index (χ0v) is 13.2. The van der Waals surface area contributed by atoms with Crippen molar-refractivity contribution in [3.8, 4) is 0 Å². The number of aryl methyl sites for hydroxylation is 1. The molecule has 0 atom stereocenters. The first-order valence-corrected chi connectivity index (χ1v) is 7.66. The van der Waals surface area contributed by atoms with Gasteiger partial charge < -0.3 is 5.73 Å². The Morgan fingerprint density at radius 3 is 2.75 bits per heavy atom. The van der Waals surface area contributed by atoms with Crippen molar-refractivity contribution in [2.75, 3.05) is 5.73 Å². The number of halogens is 1. The topological polar surface area (TPSA) is 60.9 Å². The lowest BCUT2D eigenvalue weighted by Crippen LogP contribution is -2.24. The first-order valence-electron chi connectivity index (χ1n) is 6.05. The lowest BCUT2D eigenvalue weighted by molar-refractivity contribution is 0.769. The van der Waals surface area contributed by atoms with Crippen LogP contribution in [0.1, 0.15) is 10.4 Å². The summed E-state index contributed by atoms with van der Waals surface area (Å²) in [4.78, 5) is 18.0. The summed E-state index contributed by atoms with van der Waals surface area (Å²) in [6.45, 7) is 2.49. The van der Waals surface area contributed by atoms with Gasteiger partial charge in [-0.3, -0.25) is 4.57 Å². The zero-order valence-electron chi connectivity index (χ0n) is 10.8. The molecule has 0 spiro atoms. The van der Waals surface area contributed by atoms with Gasteiger partial charge in [0.2, 0.25) is 0 Å². The summed E-state index contributed by atoms with van der Waals surface area (Å²) in [5, 5.41) is 0.851. The Hall–Kier alpha value is -1.66. The van der Waals surface area contributed by atoms with E-state index in [1.54, 1.807) is 15.9 Å². The molecule has 4 nitrogen and oxygen atoms in total. The van der Waals surface area contributed by atoms with Crippen molar-refractivity contribution in [3.63, 3.8) is 0 Å². The number of fused-ring (bicyclic) bond motifs is 1. The third-order valence-corrected chi connectivity index (χ3v) is 4.66. The molecule has 3 aromatic rings. The molecule has 0 amide bonds. The highest BCUT2D eigenvalue weighted by Crippen LogP contribution is 2.27. The fourth-order valence-electron chi connectivity index (χ4n) is 2.11. The Kier molecular flexibility index (Phi) is 3.35. The maximum Gasteiger partial charge on any atom is 0.350 e. The van der Waals surface area contributed by atoms with Gasteiger partial charge in [0.1, 0.15) is 10.6 Å². The molecule has 2 heterocycles. The average Bonchev–Trinajstić information content (AvgIpc) is 2.79. The number of thiophene rings is 1. The van der Waals surface area contributed by atoms with Gasteiger partial charge in [-0.15, -0.1) is 11.3 Å². The minimum absolute atomic E-state index is 0.306. The molecule has 102 valence electrons. The number of nitrogen functional groups attached to an aromatic ring is 1. The van der Waals surface area contributed by atoms with Crippen LogP contribution in [0.3, 0.4) is 0 Å². The molecule has 0 radical (unpaired) electrons. The van der Waals surface area contributed by atoms with Gasteiger partial charge in [-0.1, -0.05) is 28.1 Å². The number of nitrogens with two attached hydrogens (primary N) is 1. The summed E-state index contributed by atoms with van der Waals surface area (Å²) >= 11 is 4.97. The third kappa shape index (κ3) is 2.36. The maximum absolute atomic E-state index is 12.1. The maximum atomic E-state index is 12.1. The number of hydrogen-bond donors (Lipinski definition) is 1. The summed E-state index contributed by atoms with van der Waals surface area (Å²) in [6.07, 6.45) is 0. The number of aromatic nitrogens is 2. The minimum Gasteiger partial charge on any atom is -0.383 e. The molecule has 3 rings (SSSR count). The number of rotatable bonds is 2. The summed E-state index contributed by atoms with van der Waals surface area (Å²) in [5.41, 5.74) is 6.57.